The van der Waals surface area contributed by atoms with Gasteiger partial charge in [-0.25, -0.2) is 0 Å². The van der Waals surface area contributed by atoms with Crippen LogP contribution in [0, 0.1) is 0 Å². The summed E-state index contributed by atoms with van der Waals surface area (Å²) < 4.78 is 1.12. The first kappa shape index (κ1) is 10.6. The van der Waals surface area contributed by atoms with Gasteiger partial charge in [-0.05, 0) is 29.2 Å². The average Bonchev–Trinajstić information content (AvgIpc) is 2.16. The number of hydrogen-bond acceptors (Lipinski definition) is 1. The van der Waals surface area contributed by atoms with Gasteiger partial charge in [-0.2, -0.15) is 0 Å². The lowest BCUT2D eigenvalue weighted by Gasteiger charge is -2.21. The van der Waals surface area contributed by atoms with Gasteiger partial charge in [0.05, 0.1) is 5.52 Å². The van der Waals surface area contributed by atoms with Crippen molar-refractivity contribution in [2.75, 3.05) is 0 Å². The van der Waals surface area contributed by atoms with Gasteiger partial charge < -0.3 is 0 Å². The minimum Gasteiger partial charge on any atom is -0.256 e. The number of rotatable bonds is 0. The number of hydrogen-bond donors (Lipinski definition) is 0. The second-order valence-corrected chi connectivity index (χ2v) is 5.60. The van der Waals surface area contributed by atoms with E-state index < -0.39 is 0 Å². The molecule has 0 radical (unpaired) electrons. The summed E-state index contributed by atoms with van der Waals surface area (Å²) in [6.45, 7) is 6.67. The third kappa shape index (κ3) is 1.91. The Morgan fingerprint density at radius 3 is 2.53 bits per heavy atom. The van der Waals surface area contributed by atoms with Crippen LogP contribution in [0.25, 0.3) is 10.9 Å². The van der Waals surface area contributed by atoms with Gasteiger partial charge in [0, 0.05) is 16.1 Å². The Balaban J connectivity index is 2.86. The van der Waals surface area contributed by atoms with Crippen molar-refractivity contribution >= 4 is 26.8 Å². The monoisotopic (exact) mass is 263 g/mol. The highest BCUT2D eigenvalue weighted by atomic mass is 79.9. The molecular weight excluding hydrogens is 250 g/mol. The molecule has 0 aliphatic rings. The molecule has 0 unspecified atom stereocenters. The molecule has 1 heterocycles. The second-order valence-electron chi connectivity index (χ2n) is 4.74. The molecule has 1 aromatic carbocycles. The minimum absolute atomic E-state index is 0.144. The smallest absolute Gasteiger partial charge is 0.0716 e. The number of aromatic nitrogens is 1. The van der Waals surface area contributed by atoms with Gasteiger partial charge in [0.15, 0.2) is 0 Å². The lowest BCUT2D eigenvalue weighted by Crippen LogP contribution is -2.12. The molecular formula is C13H14BrN. The normalized spacial score (nSPS) is 12.0. The molecule has 0 amide bonds. The minimum atomic E-state index is 0.144. The molecule has 0 fully saturated rings. The van der Waals surface area contributed by atoms with Crippen LogP contribution in [-0.2, 0) is 5.41 Å². The van der Waals surface area contributed by atoms with Gasteiger partial charge in [-0.1, -0.05) is 42.8 Å². The van der Waals surface area contributed by atoms with Crippen LogP contribution in [-0.4, -0.2) is 4.98 Å². The molecule has 2 aromatic rings. The molecule has 0 aliphatic carbocycles. The molecule has 0 bridgehead atoms. The van der Waals surface area contributed by atoms with Crippen LogP contribution in [0.2, 0.25) is 0 Å². The number of halogens is 1. The number of pyridine rings is 1. The van der Waals surface area contributed by atoms with Gasteiger partial charge in [0.1, 0.15) is 0 Å². The Labute approximate surface area is 98.7 Å². The zero-order chi connectivity index (χ0) is 11.1. The van der Waals surface area contributed by atoms with E-state index in [0.717, 1.165) is 9.99 Å². The van der Waals surface area contributed by atoms with E-state index in [2.05, 4.69) is 59.9 Å². The molecule has 2 heteroatoms. The second kappa shape index (κ2) is 3.60. The van der Waals surface area contributed by atoms with Crippen molar-refractivity contribution in [3.8, 4) is 0 Å². The summed E-state index contributed by atoms with van der Waals surface area (Å²) in [7, 11) is 0. The summed E-state index contributed by atoms with van der Waals surface area (Å²) in [5, 5.41) is 1.23. The Morgan fingerprint density at radius 1 is 1.13 bits per heavy atom. The molecule has 78 valence electrons. The van der Waals surface area contributed by atoms with E-state index in [1.165, 1.54) is 10.9 Å². The van der Waals surface area contributed by atoms with Crippen molar-refractivity contribution in [1.82, 2.24) is 4.98 Å². The highest BCUT2D eigenvalue weighted by molar-refractivity contribution is 9.10. The molecule has 0 spiro atoms. The van der Waals surface area contributed by atoms with Crippen LogP contribution in [0.15, 0.2) is 34.9 Å². The van der Waals surface area contributed by atoms with E-state index >= 15 is 0 Å². The summed E-state index contributed by atoms with van der Waals surface area (Å²) in [6, 6.07) is 8.24. The first-order chi connectivity index (χ1) is 7.00. The van der Waals surface area contributed by atoms with Crippen LogP contribution in [0.3, 0.4) is 0 Å². The van der Waals surface area contributed by atoms with Crippen LogP contribution < -0.4 is 0 Å². The van der Waals surface area contributed by atoms with E-state index in [1.54, 1.807) is 0 Å². The van der Waals surface area contributed by atoms with Crippen molar-refractivity contribution < 1.29 is 0 Å². The average molecular weight is 264 g/mol. The Hall–Kier alpha value is -0.890. The lowest BCUT2D eigenvalue weighted by molar-refractivity contribution is 0.595. The van der Waals surface area contributed by atoms with E-state index in [1.807, 2.05) is 12.3 Å². The molecule has 0 N–H and O–H groups in total. The largest absolute Gasteiger partial charge is 0.256 e. The third-order valence-electron chi connectivity index (χ3n) is 2.52. The topological polar surface area (TPSA) is 12.9 Å². The molecule has 2 rings (SSSR count). The molecule has 15 heavy (non-hydrogen) atoms. The quantitative estimate of drug-likeness (QED) is 0.691. The van der Waals surface area contributed by atoms with Crippen molar-refractivity contribution in [3.05, 3.63) is 40.5 Å². The van der Waals surface area contributed by atoms with E-state index in [4.69, 9.17) is 0 Å². The van der Waals surface area contributed by atoms with E-state index in [9.17, 15) is 0 Å². The number of nitrogens with zero attached hydrogens (tertiary/aromatic N) is 1. The van der Waals surface area contributed by atoms with Gasteiger partial charge >= 0.3 is 0 Å². The number of benzene rings is 1. The Morgan fingerprint density at radius 2 is 1.87 bits per heavy atom. The maximum absolute atomic E-state index is 4.39. The van der Waals surface area contributed by atoms with Crippen molar-refractivity contribution in [2.24, 2.45) is 0 Å². The third-order valence-corrected chi connectivity index (χ3v) is 3.18. The van der Waals surface area contributed by atoms with E-state index in [-0.39, 0.29) is 5.41 Å². The van der Waals surface area contributed by atoms with Gasteiger partial charge in [-0.3, -0.25) is 4.98 Å². The lowest BCUT2D eigenvalue weighted by atomic mass is 9.85. The summed E-state index contributed by atoms with van der Waals surface area (Å²) in [4.78, 5) is 4.39. The maximum atomic E-state index is 4.39. The summed E-state index contributed by atoms with van der Waals surface area (Å²) in [6.07, 6.45) is 1.88. The molecule has 0 aliphatic heterocycles. The van der Waals surface area contributed by atoms with Crippen LogP contribution >= 0.6 is 15.9 Å². The van der Waals surface area contributed by atoms with Crippen molar-refractivity contribution in [3.63, 3.8) is 0 Å². The fourth-order valence-electron chi connectivity index (χ4n) is 1.79. The predicted molar refractivity (Wildman–Crippen MR) is 68.1 cm³/mol. The Kier molecular flexibility index (Phi) is 2.55. The maximum Gasteiger partial charge on any atom is 0.0716 e. The highest BCUT2D eigenvalue weighted by Crippen LogP contribution is 2.33. The first-order valence-electron chi connectivity index (χ1n) is 5.04. The van der Waals surface area contributed by atoms with Crippen molar-refractivity contribution in [2.45, 2.75) is 26.2 Å². The zero-order valence-electron chi connectivity index (χ0n) is 9.21. The van der Waals surface area contributed by atoms with Crippen LogP contribution in [0.5, 0.6) is 0 Å². The van der Waals surface area contributed by atoms with E-state index in [0.29, 0.717) is 0 Å². The molecule has 0 saturated heterocycles. The molecule has 0 saturated carbocycles. The zero-order valence-corrected chi connectivity index (χ0v) is 10.8. The fraction of sp³-hybridized carbons (Fsp3) is 0.308. The van der Waals surface area contributed by atoms with Gasteiger partial charge in [-0.15, -0.1) is 0 Å². The van der Waals surface area contributed by atoms with Gasteiger partial charge in [0.25, 0.3) is 0 Å². The standard InChI is InChI=1S/C13H14BrN/c1-13(2,3)9-7-8-15-11-6-4-5-10(14)12(9)11/h4-8H,1-3H3. The molecule has 1 aromatic heterocycles. The Bertz CT molecular complexity index is 492. The number of fused-ring (bicyclic) bond motifs is 1. The van der Waals surface area contributed by atoms with Crippen LogP contribution in [0.1, 0.15) is 26.3 Å². The molecule has 1 nitrogen and oxygen atoms in total. The fourth-order valence-corrected chi connectivity index (χ4v) is 2.36. The SMILES string of the molecule is CC(C)(C)c1ccnc2cccc(Br)c12. The summed E-state index contributed by atoms with van der Waals surface area (Å²) >= 11 is 3.60. The van der Waals surface area contributed by atoms with Crippen LogP contribution in [0.4, 0.5) is 0 Å². The molecule has 0 atom stereocenters. The van der Waals surface area contributed by atoms with Gasteiger partial charge in [0.2, 0.25) is 0 Å². The predicted octanol–water partition coefficient (Wildman–Crippen LogP) is 4.29. The summed E-state index contributed by atoms with van der Waals surface area (Å²) in [5.41, 5.74) is 2.53. The summed E-state index contributed by atoms with van der Waals surface area (Å²) in [5.74, 6) is 0. The first-order valence-corrected chi connectivity index (χ1v) is 5.83. The highest BCUT2D eigenvalue weighted by Gasteiger charge is 2.18. The van der Waals surface area contributed by atoms with Crippen molar-refractivity contribution in [1.29, 1.82) is 0 Å².